The van der Waals surface area contributed by atoms with Crippen LogP contribution in [0.1, 0.15) is 40.5 Å². The predicted octanol–water partition coefficient (Wildman–Crippen LogP) is 5.47. The molecule has 0 spiro atoms. The molecule has 0 unspecified atom stereocenters. The van der Waals surface area contributed by atoms with Crippen LogP contribution in [0.25, 0.3) is 11.0 Å². The van der Waals surface area contributed by atoms with Crippen LogP contribution in [0.4, 0.5) is 23.3 Å². The lowest BCUT2D eigenvalue weighted by Crippen LogP contribution is -2.21. The first kappa shape index (κ1) is 25.8. The van der Waals surface area contributed by atoms with E-state index in [1.54, 1.807) is 18.3 Å². The Morgan fingerprint density at radius 1 is 1.12 bits per heavy atom. The van der Waals surface area contributed by atoms with Crippen LogP contribution in [-0.4, -0.2) is 49.1 Å². The van der Waals surface area contributed by atoms with Crippen LogP contribution in [0.3, 0.4) is 0 Å². The smallest absolute Gasteiger partial charge is 0.257 e. The number of aryl methyl sites for hydroxylation is 1. The first-order valence-corrected chi connectivity index (χ1v) is 13.4. The number of anilines is 4. The van der Waals surface area contributed by atoms with E-state index in [0.29, 0.717) is 53.6 Å². The summed E-state index contributed by atoms with van der Waals surface area (Å²) in [7, 11) is 0. The topological polar surface area (TPSA) is 135 Å². The number of hydrogen-bond donors (Lipinski definition) is 4. The second-order valence-corrected chi connectivity index (χ2v) is 10.0. The van der Waals surface area contributed by atoms with E-state index in [4.69, 9.17) is 26.3 Å². The Hall–Kier alpha value is -4.48. The lowest BCUT2D eigenvalue weighted by atomic mass is 10.1. The Morgan fingerprint density at radius 3 is 2.73 bits per heavy atom. The molecular weight excluding hydrogens is 530 g/mol. The molecule has 1 aliphatic heterocycles. The van der Waals surface area contributed by atoms with Gasteiger partial charge in [0.15, 0.2) is 11.5 Å². The lowest BCUT2D eigenvalue weighted by molar-refractivity contribution is 0.0673. The van der Waals surface area contributed by atoms with Gasteiger partial charge in [0, 0.05) is 37.2 Å². The van der Waals surface area contributed by atoms with Gasteiger partial charge in [0.2, 0.25) is 5.95 Å². The third kappa shape index (κ3) is 5.61. The molecule has 0 bridgehead atoms. The van der Waals surface area contributed by atoms with E-state index in [2.05, 4.69) is 31.2 Å². The van der Waals surface area contributed by atoms with Crippen molar-refractivity contribution in [1.29, 1.82) is 0 Å². The zero-order valence-corrected chi connectivity index (χ0v) is 22.6. The molecule has 4 heterocycles. The molecule has 204 valence electrons. The number of aromatic amines is 1. The summed E-state index contributed by atoms with van der Waals surface area (Å²) in [6.45, 7) is 3.69. The van der Waals surface area contributed by atoms with Gasteiger partial charge < -0.3 is 20.7 Å². The second-order valence-electron chi connectivity index (χ2n) is 9.61. The van der Waals surface area contributed by atoms with E-state index in [0.717, 1.165) is 35.1 Å². The number of nitrogens with one attached hydrogen (secondary N) is 4. The number of H-pyrrole nitrogens is 1. The van der Waals surface area contributed by atoms with Crippen molar-refractivity contribution in [3.63, 3.8) is 0 Å². The molecule has 3 aromatic heterocycles. The quantitative estimate of drug-likeness (QED) is 0.197. The van der Waals surface area contributed by atoms with Gasteiger partial charge in [-0.3, -0.25) is 9.89 Å². The summed E-state index contributed by atoms with van der Waals surface area (Å²) in [5, 5.41) is 22.5. The normalized spacial score (nSPS) is 13.8. The molecule has 0 aliphatic carbocycles. The molecule has 1 fully saturated rings. The molecule has 1 saturated heterocycles. The van der Waals surface area contributed by atoms with Crippen LogP contribution < -0.4 is 16.0 Å². The maximum absolute atomic E-state index is 12.9. The van der Waals surface area contributed by atoms with Crippen molar-refractivity contribution in [2.45, 2.75) is 32.4 Å². The van der Waals surface area contributed by atoms with E-state index in [-0.39, 0.29) is 11.9 Å². The van der Waals surface area contributed by atoms with Gasteiger partial charge in [-0.25, -0.2) is 4.68 Å². The van der Waals surface area contributed by atoms with E-state index in [9.17, 15) is 4.79 Å². The monoisotopic (exact) mass is 557 g/mol. The van der Waals surface area contributed by atoms with Crippen LogP contribution >= 0.6 is 11.6 Å². The predicted molar refractivity (Wildman–Crippen MR) is 154 cm³/mol. The van der Waals surface area contributed by atoms with Crippen LogP contribution in [0.2, 0.25) is 5.02 Å². The minimum atomic E-state index is -0.281. The highest BCUT2D eigenvalue weighted by Gasteiger charge is 2.22. The van der Waals surface area contributed by atoms with Crippen LogP contribution in [0.5, 0.6) is 0 Å². The summed E-state index contributed by atoms with van der Waals surface area (Å²) in [4.78, 5) is 22.5. The van der Waals surface area contributed by atoms with Gasteiger partial charge in [0.05, 0.1) is 28.2 Å². The van der Waals surface area contributed by atoms with Gasteiger partial charge in [-0.2, -0.15) is 20.2 Å². The number of para-hydroxylation sites is 1. The Kier molecular flexibility index (Phi) is 7.30. The van der Waals surface area contributed by atoms with Gasteiger partial charge >= 0.3 is 0 Å². The number of aromatic nitrogens is 6. The molecule has 4 N–H and O–H groups in total. The number of ether oxygens (including phenoxy) is 1. The molecule has 0 radical (unpaired) electrons. The minimum Gasteiger partial charge on any atom is -0.381 e. The highest BCUT2D eigenvalue weighted by Crippen LogP contribution is 2.30. The van der Waals surface area contributed by atoms with Gasteiger partial charge in [-0.15, -0.1) is 0 Å². The van der Waals surface area contributed by atoms with Crippen molar-refractivity contribution >= 4 is 51.8 Å². The standard InChI is InChI=1S/C28H28ClN9O2/c1-17-13-24(37-36-17)33-25-22-16-31-38(20-9-11-40-12-10-20)26(22)35-28(34-25)30-15-18-7-8-23(29)21(14-18)27(39)32-19-5-3-2-4-6-19/h2-8,13-14,16,20H,9-12,15H2,1H3,(H,32,39)(H3,30,33,34,35,36,37). The molecule has 11 nitrogen and oxygen atoms in total. The van der Waals surface area contributed by atoms with Gasteiger partial charge in [-0.05, 0) is 49.6 Å². The summed E-state index contributed by atoms with van der Waals surface area (Å²) in [6.07, 6.45) is 3.51. The Labute approximate surface area is 235 Å². The molecule has 1 aliphatic rings. The summed E-state index contributed by atoms with van der Waals surface area (Å²) in [6, 6.07) is 16.7. The van der Waals surface area contributed by atoms with E-state index in [1.807, 2.05) is 54.1 Å². The lowest BCUT2D eigenvalue weighted by Gasteiger charge is -2.22. The summed E-state index contributed by atoms with van der Waals surface area (Å²) >= 11 is 6.38. The van der Waals surface area contributed by atoms with Gasteiger partial charge in [0.1, 0.15) is 5.82 Å². The SMILES string of the molecule is Cc1cc(Nc2nc(NCc3ccc(Cl)c(C(=O)Nc4ccccc4)c3)nc3c2cnn3C2CCOCC2)n[nH]1. The number of nitrogens with zero attached hydrogens (tertiary/aromatic N) is 5. The van der Waals surface area contributed by atoms with Crippen molar-refractivity contribution in [3.8, 4) is 0 Å². The maximum Gasteiger partial charge on any atom is 0.257 e. The third-order valence-corrected chi connectivity index (χ3v) is 7.03. The van der Waals surface area contributed by atoms with Crippen molar-refractivity contribution in [1.82, 2.24) is 29.9 Å². The zero-order chi connectivity index (χ0) is 27.5. The van der Waals surface area contributed by atoms with Crippen molar-refractivity contribution < 1.29 is 9.53 Å². The highest BCUT2D eigenvalue weighted by molar-refractivity contribution is 6.34. The Bertz CT molecular complexity index is 1640. The average Bonchev–Trinajstić information content (AvgIpc) is 3.59. The van der Waals surface area contributed by atoms with Crippen LogP contribution in [0, 0.1) is 6.92 Å². The molecule has 40 heavy (non-hydrogen) atoms. The molecule has 0 atom stereocenters. The molecule has 6 rings (SSSR count). The molecule has 2 aromatic carbocycles. The molecular formula is C28H28ClN9O2. The van der Waals surface area contributed by atoms with Crippen LogP contribution in [-0.2, 0) is 11.3 Å². The first-order valence-electron chi connectivity index (χ1n) is 13.0. The number of hydrogen-bond acceptors (Lipinski definition) is 8. The number of fused-ring (bicyclic) bond motifs is 1. The fraction of sp³-hybridized carbons (Fsp3) is 0.250. The fourth-order valence-corrected chi connectivity index (χ4v) is 4.86. The molecule has 1 amide bonds. The number of amides is 1. The van der Waals surface area contributed by atoms with Gasteiger partial charge in [0.25, 0.3) is 5.91 Å². The molecule has 0 saturated carbocycles. The third-order valence-electron chi connectivity index (χ3n) is 6.70. The highest BCUT2D eigenvalue weighted by atomic mass is 35.5. The average molecular weight is 558 g/mol. The first-order chi connectivity index (χ1) is 19.5. The Balaban J connectivity index is 1.27. The van der Waals surface area contributed by atoms with Crippen molar-refractivity contribution in [3.05, 3.63) is 82.6 Å². The summed E-state index contributed by atoms with van der Waals surface area (Å²) in [5.41, 5.74) is 3.58. The Morgan fingerprint density at radius 2 is 1.95 bits per heavy atom. The van der Waals surface area contributed by atoms with E-state index >= 15 is 0 Å². The largest absolute Gasteiger partial charge is 0.381 e. The number of halogens is 1. The minimum absolute atomic E-state index is 0.191. The molecule has 5 aromatic rings. The summed E-state index contributed by atoms with van der Waals surface area (Å²) in [5.74, 6) is 1.38. The van der Waals surface area contributed by atoms with Crippen LogP contribution in [0.15, 0.2) is 60.8 Å². The van der Waals surface area contributed by atoms with Crippen molar-refractivity contribution in [2.75, 3.05) is 29.2 Å². The summed E-state index contributed by atoms with van der Waals surface area (Å²) < 4.78 is 7.50. The van der Waals surface area contributed by atoms with E-state index < -0.39 is 0 Å². The zero-order valence-electron chi connectivity index (χ0n) is 21.8. The number of rotatable bonds is 8. The number of carbonyl (C=O) groups is 1. The number of benzene rings is 2. The van der Waals surface area contributed by atoms with E-state index in [1.165, 1.54) is 0 Å². The molecule has 12 heteroatoms. The maximum atomic E-state index is 12.9. The van der Waals surface area contributed by atoms with Gasteiger partial charge in [-0.1, -0.05) is 35.9 Å². The fourth-order valence-electron chi connectivity index (χ4n) is 4.66. The number of carbonyl (C=O) groups excluding carboxylic acids is 1. The second kappa shape index (κ2) is 11.3. The van der Waals surface area contributed by atoms with Crippen molar-refractivity contribution in [2.24, 2.45) is 0 Å².